The van der Waals surface area contributed by atoms with Gasteiger partial charge in [0.05, 0.1) is 11.2 Å². The zero-order valence-corrected chi connectivity index (χ0v) is 11.8. The van der Waals surface area contributed by atoms with Crippen LogP contribution in [-0.4, -0.2) is 25.5 Å². The molecule has 0 spiro atoms. The van der Waals surface area contributed by atoms with Crippen molar-refractivity contribution in [3.8, 4) is 0 Å². The fourth-order valence-electron chi connectivity index (χ4n) is 2.44. The van der Waals surface area contributed by atoms with E-state index < -0.39 is 0 Å². The summed E-state index contributed by atoms with van der Waals surface area (Å²) in [5.74, 6) is 0.530. The second-order valence-corrected chi connectivity index (χ2v) is 4.87. The van der Waals surface area contributed by atoms with Crippen LogP contribution in [0.1, 0.15) is 16.8 Å². The first-order valence-electron chi connectivity index (χ1n) is 6.41. The monoisotopic (exact) mass is 282 g/mol. The van der Waals surface area contributed by atoms with Crippen molar-refractivity contribution in [2.24, 2.45) is 7.05 Å². The molecule has 0 saturated heterocycles. The van der Waals surface area contributed by atoms with E-state index in [2.05, 4.69) is 15.1 Å². The number of aryl methyl sites for hydroxylation is 2. The number of nitrogens with two attached hydrogens (primary N) is 3. The van der Waals surface area contributed by atoms with Gasteiger partial charge in [0.15, 0.2) is 0 Å². The van der Waals surface area contributed by atoms with Crippen molar-refractivity contribution >= 4 is 28.3 Å². The predicted octanol–water partition coefficient (Wildman–Crippen LogP) is -0.567. The fraction of sp³-hybridized carbons (Fsp3) is 0.143. The first-order chi connectivity index (χ1) is 9.99. The van der Waals surface area contributed by atoms with Gasteiger partial charge in [-0.2, -0.15) is 5.10 Å². The molecule has 7 nitrogen and oxygen atoms in total. The van der Waals surface area contributed by atoms with Crippen LogP contribution in [0.2, 0.25) is 0 Å². The smallest absolute Gasteiger partial charge is 0.218 e. The minimum atomic E-state index is 0.265. The van der Waals surface area contributed by atoms with Gasteiger partial charge in [-0.3, -0.25) is 10.1 Å². The lowest BCUT2D eigenvalue weighted by molar-refractivity contribution is -0.111. The van der Waals surface area contributed by atoms with Gasteiger partial charge in [0.25, 0.3) is 0 Å². The first-order valence-corrected chi connectivity index (χ1v) is 6.41. The number of benzene rings is 1. The van der Waals surface area contributed by atoms with Crippen LogP contribution in [0.3, 0.4) is 0 Å². The standard InChI is InChI=1S/C14H15N7/c1-7-9-4-3-8(5-10(9)21(2)20-7)12(15)11-13(16)18-6-19-14(11)17/h3-6,15H,1-2H3,(H4,16,17,18,19)/p+1. The Kier molecular flexibility index (Phi) is 2.83. The third-order valence-corrected chi connectivity index (χ3v) is 3.52. The summed E-state index contributed by atoms with van der Waals surface area (Å²) in [5.41, 5.74) is 15.4. The molecule has 0 bridgehead atoms. The molecular weight excluding hydrogens is 266 g/mol. The zero-order valence-electron chi connectivity index (χ0n) is 11.8. The topological polar surface area (TPSA) is 121 Å². The van der Waals surface area contributed by atoms with Gasteiger partial charge in [-0.25, -0.2) is 9.97 Å². The molecule has 3 rings (SSSR count). The highest BCUT2D eigenvalue weighted by Crippen LogP contribution is 2.22. The molecule has 106 valence electrons. The third-order valence-electron chi connectivity index (χ3n) is 3.52. The first kappa shape index (κ1) is 13.0. The van der Waals surface area contributed by atoms with Gasteiger partial charge in [-0.15, -0.1) is 0 Å². The third kappa shape index (κ3) is 1.99. The molecule has 0 radical (unpaired) electrons. The number of hydrogen-bond donors (Lipinski definition) is 3. The summed E-state index contributed by atoms with van der Waals surface area (Å²) in [5, 5.41) is 11.7. The van der Waals surface area contributed by atoms with E-state index in [9.17, 15) is 0 Å². The van der Waals surface area contributed by atoms with Gasteiger partial charge in [0, 0.05) is 18.0 Å². The molecule has 7 heteroatoms. The van der Waals surface area contributed by atoms with E-state index >= 15 is 0 Å². The molecule has 2 aromatic heterocycles. The molecule has 0 amide bonds. The Morgan fingerprint density at radius 3 is 2.52 bits per heavy atom. The van der Waals surface area contributed by atoms with Crippen molar-refractivity contribution in [3.63, 3.8) is 0 Å². The maximum Gasteiger partial charge on any atom is 0.218 e. The maximum atomic E-state index is 6.21. The highest BCUT2D eigenvalue weighted by Gasteiger charge is 2.20. The highest BCUT2D eigenvalue weighted by molar-refractivity contribution is 6.15. The van der Waals surface area contributed by atoms with E-state index in [1.54, 1.807) is 0 Å². The van der Waals surface area contributed by atoms with Crippen LogP contribution < -0.4 is 16.9 Å². The Labute approximate surface area is 121 Å². The molecule has 21 heavy (non-hydrogen) atoms. The van der Waals surface area contributed by atoms with Crippen molar-refractivity contribution < 1.29 is 5.41 Å². The summed E-state index contributed by atoms with van der Waals surface area (Å²) in [4.78, 5) is 7.88. The summed E-state index contributed by atoms with van der Waals surface area (Å²) in [7, 11) is 1.89. The second kappa shape index (κ2) is 4.55. The lowest BCUT2D eigenvalue weighted by Crippen LogP contribution is -2.42. The normalized spacial score (nSPS) is 11.0. The van der Waals surface area contributed by atoms with Gasteiger partial charge in [-0.05, 0) is 19.1 Å². The van der Waals surface area contributed by atoms with Crippen LogP contribution in [-0.2, 0) is 7.05 Å². The Hall–Kier alpha value is -2.96. The molecule has 6 N–H and O–H groups in total. The van der Waals surface area contributed by atoms with E-state index in [1.165, 1.54) is 6.33 Å². The van der Waals surface area contributed by atoms with Crippen LogP contribution >= 0.6 is 0 Å². The summed E-state index contributed by atoms with van der Waals surface area (Å²) in [6.07, 6.45) is 1.31. The summed E-state index contributed by atoms with van der Waals surface area (Å²) < 4.78 is 1.82. The molecule has 3 aromatic rings. The molecule has 0 atom stereocenters. The lowest BCUT2D eigenvalue weighted by atomic mass is 10.0. The maximum absolute atomic E-state index is 6.21. The van der Waals surface area contributed by atoms with Gasteiger partial charge in [-0.1, -0.05) is 6.07 Å². The summed E-state index contributed by atoms with van der Waals surface area (Å²) in [6, 6.07) is 5.85. The average Bonchev–Trinajstić information content (AvgIpc) is 2.73. The molecule has 0 aliphatic heterocycles. The molecular formula is C14H16N7+. The number of aromatic nitrogens is 4. The number of anilines is 2. The predicted molar refractivity (Wildman–Crippen MR) is 81.4 cm³/mol. The largest absolute Gasteiger partial charge is 0.383 e. The Morgan fingerprint density at radius 1 is 1.19 bits per heavy atom. The van der Waals surface area contributed by atoms with Gasteiger partial charge >= 0.3 is 0 Å². The van der Waals surface area contributed by atoms with Crippen LogP contribution in [0.5, 0.6) is 0 Å². The highest BCUT2D eigenvalue weighted by atomic mass is 15.3. The second-order valence-electron chi connectivity index (χ2n) is 4.87. The van der Waals surface area contributed by atoms with Crippen molar-refractivity contribution in [2.75, 3.05) is 11.5 Å². The van der Waals surface area contributed by atoms with Gasteiger partial charge in [0.2, 0.25) is 5.71 Å². The minimum Gasteiger partial charge on any atom is -0.383 e. The van der Waals surface area contributed by atoms with Crippen molar-refractivity contribution in [3.05, 3.63) is 41.3 Å². The molecule has 0 unspecified atom stereocenters. The number of hydrogen-bond acceptors (Lipinski definition) is 5. The van der Waals surface area contributed by atoms with Crippen molar-refractivity contribution in [1.29, 1.82) is 0 Å². The molecule has 0 saturated carbocycles. The minimum absolute atomic E-state index is 0.265. The average molecular weight is 282 g/mol. The van der Waals surface area contributed by atoms with Gasteiger partial charge in [0.1, 0.15) is 23.5 Å². The molecule has 0 aliphatic carbocycles. The molecule has 0 fully saturated rings. The summed E-state index contributed by atoms with van der Waals surface area (Å²) >= 11 is 0. The fourth-order valence-corrected chi connectivity index (χ4v) is 2.44. The quantitative estimate of drug-likeness (QED) is 0.544. The van der Waals surface area contributed by atoms with Crippen LogP contribution in [0.4, 0.5) is 11.6 Å². The summed E-state index contributed by atoms with van der Waals surface area (Å²) in [6.45, 7) is 1.97. The van der Waals surface area contributed by atoms with Crippen molar-refractivity contribution in [2.45, 2.75) is 6.92 Å². The zero-order chi connectivity index (χ0) is 15.1. The molecule has 1 aromatic carbocycles. The Morgan fingerprint density at radius 2 is 1.86 bits per heavy atom. The van der Waals surface area contributed by atoms with Crippen molar-refractivity contribution in [1.82, 2.24) is 19.7 Å². The number of fused-ring (bicyclic) bond motifs is 1. The van der Waals surface area contributed by atoms with Crippen LogP contribution in [0.15, 0.2) is 24.5 Å². The number of rotatable bonds is 2. The van der Waals surface area contributed by atoms with E-state index in [1.807, 2.05) is 36.9 Å². The van der Waals surface area contributed by atoms with Gasteiger partial charge < -0.3 is 11.5 Å². The van der Waals surface area contributed by atoms with E-state index in [4.69, 9.17) is 16.9 Å². The number of nitrogen functional groups attached to an aromatic ring is 2. The van der Waals surface area contributed by atoms with E-state index in [0.29, 0.717) is 11.3 Å². The lowest BCUT2D eigenvalue weighted by Gasteiger charge is -2.05. The Bertz CT molecular complexity index is 843. The Balaban J connectivity index is 2.16. The van der Waals surface area contributed by atoms with Crippen LogP contribution in [0.25, 0.3) is 10.9 Å². The van der Waals surface area contributed by atoms with E-state index in [-0.39, 0.29) is 11.6 Å². The molecule has 2 heterocycles. The molecule has 0 aliphatic rings. The SMILES string of the molecule is Cc1nn(C)c2cc(C(=[NH2+])c3c(N)ncnc3N)ccc12. The van der Waals surface area contributed by atoms with E-state index in [0.717, 1.165) is 22.2 Å². The van der Waals surface area contributed by atoms with Crippen LogP contribution in [0, 0.1) is 6.92 Å². The number of nitrogens with zero attached hydrogens (tertiary/aromatic N) is 4.